The SMILES string of the molecule is COc1ccc(C2(O)c3c(ccc(C(=O)CC4(C)CCC(C)(C)CO4)c3O)NC(=O)C2OC)cc1. The molecule has 1 fully saturated rings. The number of aromatic hydroxyl groups is 1. The van der Waals surface area contributed by atoms with Crippen molar-refractivity contribution >= 4 is 17.4 Å². The zero-order chi connectivity index (χ0) is 25.6. The molecule has 2 aliphatic heterocycles. The van der Waals surface area contributed by atoms with E-state index in [2.05, 4.69) is 19.2 Å². The molecule has 8 nitrogen and oxygen atoms in total. The van der Waals surface area contributed by atoms with Gasteiger partial charge < -0.3 is 29.7 Å². The molecule has 2 aromatic rings. The van der Waals surface area contributed by atoms with Crippen molar-refractivity contribution in [3.8, 4) is 11.5 Å². The molecule has 0 saturated carbocycles. The van der Waals surface area contributed by atoms with Crippen LogP contribution >= 0.6 is 0 Å². The molecular weight excluding hydrogens is 450 g/mol. The van der Waals surface area contributed by atoms with E-state index in [4.69, 9.17) is 14.2 Å². The Morgan fingerprint density at radius 1 is 1.11 bits per heavy atom. The standard InChI is InChI=1S/C27H33NO7/c1-25(2)12-13-26(3,35-15-25)14-20(29)18-10-11-19-21(22(18)30)27(32,23(34-5)24(31)28-19)16-6-8-17(33-4)9-7-16/h6-11,23,30,32H,12-15H2,1-5H3,(H,28,31). The molecule has 4 rings (SSSR count). The molecule has 188 valence electrons. The second kappa shape index (κ2) is 8.93. The van der Waals surface area contributed by atoms with Crippen LogP contribution < -0.4 is 10.1 Å². The Morgan fingerprint density at radius 2 is 1.80 bits per heavy atom. The molecule has 8 heteroatoms. The van der Waals surface area contributed by atoms with E-state index < -0.39 is 29.0 Å². The molecule has 2 heterocycles. The first-order valence-corrected chi connectivity index (χ1v) is 11.7. The second-order valence-corrected chi connectivity index (χ2v) is 10.5. The van der Waals surface area contributed by atoms with Gasteiger partial charge in [0, 0.05) is 13.5 Å². The number of ketones is 1. The summed E-state index contributed by atoms with van der Waals surface area (Å²) in [5, 5.41) is 26.0. The lowest BCUT2D eigenvalue weighted by molar-refractivity contribution is -0.142. The molecule has 0 spiro atoms. The van der Waals surface area contributed by atoms with E-state index in [1.54, 1.807) is 24.3 Å². The summed E-state index contributed by atoms with van der Waals surface area (Å²) in [4.78, 5) is 26.2. The molecule has 2 aliphatic rings. The van der Waals surface area contributed by atoms with Crippen molar-refractivity contribution in [3.63, 3.8) is 0 Å². The number of fused-ring (bicyclic) bond motifs is 1. The fraction of sp³-hybridized carbons (Fsp3) is 0.481. The van der Waals surface area contributed by atoms with Crippen molar-refractivity contribution in [2.75, 3.05) is 26.1 Å². The third-order valence-electron chi connectivity index (χ3n) is 7.18. The number of amides is 1. The second-order valence-electron chi connectivity index (χ2n) is 10.5. The fourth-order valence-corrected chi connectivity index (χ4v) is 4.93. The molecule has 35 heavy (non-hydrogen) atoms. The minimum atomic E-state index is -2.05. The minimum absolute atomic E-state index is 0.0100. The first kappa shape index (κ1) is 25.2. The number of benzene rings is 2. The van der Waals surface area contributed by atoms with E-state index in [9.17, 15) is 19.8 Å². The molecule has 0 radical (unpaired) electrons. The average molecular weight is 484 g/mol. The summed E-state index contributed by atoms with van der Waals surface area (Å²) < 4.78 is 16.7. The van der Waals surface area contributed by atoms with E-state index >= 15 is 0 Å². The Kier molecular flexibility index (Phi) is 6.42. The number of hydrogen-bond acceptors (Lipinski definition) is 7. The normalized spacial score (nSPS) is 27.6. The molecule has 3 N–H and O–H groups in total. The highest BCUT2D eigenvalue weighted by Gasteiger charge is 2.52. The summed E-state index contributed by atoms with van der Waals surface area (Å²) in [7, 11) is 2.82. The number of hydrogen-bond donors (Lipinski definition) is 3. The van der Waals surface area contributed by atoms with Crippen molar-refractivity contribution in [2.24, 2.45) is 5.41 Å². The minimum Gasteiger partial charge on any atom is -0.507 e. The summed E-state index contributed by atoms with van der Waals surface area (Å²) in [5.41, 5.74) is -2.06. The Morgan fingerprint density at radius 3 is 2.37 bits per heavy atom. The van der Waals surface area contributed by atoms with Crippen LogP contribution in [0.1, 0.15) is 61.5 Å². The third-order valence-corrected chi connectivity index (χ3v) is 7.18. The highest BCUT2D eigenvalue weighted by atomic mass is 16.5. The predicted octanol–water partition coefficient (Wildman–Crippen LogP) is 3.77. The van der Waals surface area contributed by atoms with Crippen LogP contribution in [0.2, 0.25) is 0 Å². The summed E-state index contributed by atoms with van der Waals surface area (Å²) in [6.45, 7) is 6.71. The van der Waals surface area contributed by atoms with Gasteiger partial charge >= 0.3 is 0 Å². The number of aliphatic hydroxyl groups is 1. The number of carbonyl (C=O) groups excluding carboxylic acids is 2. The number of Topliss-reactive ketones (excluding diaryl/α,β-unsaturated/α-hetero) is 1. The molecule has 0 bridgehead atoms. The monoisotopic (exact) mass is 483 g/mol. The molecular formula is C27H33NO7. The highest BCUT2D eigenvalue weighted by Crippen LogP contribution is 2.48. The van der Waals surface area contributed by atoms with Crippen LogP contribution in [0.3, 0.4) is 0 Å². The fourth-order valence-electron chi connectivity index (χ4n) is 4.93. The van der Waals surface area contributed by atoms with Crippen LogP contribution in [-0.2, 0) is 19.9 Å². The molecule has 1 saturated heterocycles. The predicted molar refractivity (Wildman–Crippen MR) is 130 cm³/mol. The Bertz CT molecular complexity index is 1130. The molecule has 1 amide bonds. The van der Waals surface area contributed by atoms with Crippen molar-refractivity contribution in [3.05, 3.63) is 53.1 Å². The van der Waals surface area contributed by atoms with Gasteiger partial charge in [0.25, 0.3) is 5.91 Å². The number of ether oxygens (including phenoxy) is 3. The van der Waals surface area contributed by atoms with Gasteiger partial charge in [-0.25, -0.2) is 0 Å². The molecule has 0 aromatic heterocycles. The van der Waals surface area contributed by atoms with Crippen LogP contribution in [0.5, 0.6) is 11.5 Å². The van der Waals surface area contributed by atoms with Gasteiger partial charge in [0.2, 0.25) is 0 Å². The maximum Gasteiger partial charge on any atom is 0.257 e. The topological polar surface area (TPSA) is 114 Å². The largest absolute Gasteiger partial charge is 0.507 e. The summed E-state index contributed by atoms with van der Waals surface area (Å²) >= 11 is 0. The number of rotatable bonds is 6. The van der Waals surface area contributed by atoms with Crippen molar-refractivity contribution in [1.82, 2.24) is 0 Å². The number of carbonyl (C=O) groups is 2. The van der Waals surface area contributed by atoms with Crippen LogP contribution in [-0.4, -0.2) is 54.4 Å². The highest BCUT2D eigenvalue weighted by molar-refractivity contribution is 6.04. The van der Waals surface area contributed by atoms with Gasteiger partial charge in [0.1, 0.15) is 11.5 Å². The Balaban J connectivity index is 1.76. The van der Waals surface area contributed by atoms with Crippen LogP contribution in [0.25, 0.3) is 0 Å². The van der Waals surface area contributed by atoms with Crippen molar-refractivity contribution in [1.29, 1.82) is 0 Å². The Hall–Kier alpha value is -2.94. The van der Waals surface area contributed by atoms with E-state index in [1.807, 2.05) is 6.92 Å². The van der Waals surface area contributed by atoms with Crippen LogP contribution in [0.15, 0.2) is 36.4 Å². The number of anilines is 1. The smallest absolute Gasteiger partial charge is 0.257 e. The molecule has 0 aliphatic carbocycles. The van der Waals surface area contributed by atoms with Gasteiger partial charge in [-0.05, 0) is 55.0 Å². The zero-order valence-corrected chi connectivity index (χ0v) is 20.8. The van der Waals surface area contributed by atoms with Crippen LogP contribution in [0, 0.1) is 5.41 Å². The molecule has 3 atom stereocenters. The van der Waals surface area contributed by atoms with Gasteiger partial charge in [-0.1, -0.05) is 26.0 Å². The van der Waals surface area contributed by atoms with Gasteiger partial charge in [-0.3, -0.25) is 9.59 Å². The maximum atomic E-state index is 13.4. The van der Waals surface area contributed by atoms with E-state index in [-0.39, 0.29) is 34.4 Å². The molecule has 3 unspecified atom stereocenters. The van der Waals surface area contributed by atoms with Crippen molar-refractivity contribution in [2.45, 2.75) is 57.3 Å². The number of nitrogens with one attached hydrogen (secondary N) is 1. The average Bonchev–Trinajstić information content (AvgIpc) is 2.81. The first-order chi connectivity index (χ1) is 16.4. The first-order valence-electron chi connectivity index (χ1n) is 11.7. The van der Waals surface area contributed by atoms with E-state index in [1.165, 1.54) is 26.4 Å². The summed E-state index contributed by atoms with van der Waals surface area (Å²) in [6.07, 6.45) is 0.359. The lowest BCUT2D eigenvalue weighted by Gasteiger charge is -2.42. The van der Waals surface area contributed by atoms with Gasteiger partial charge in [-0.15, -0.1) is 0 Å². The number of phenols is 1. The van der Waals surface area contributed by atoms with Gasteiger partial charge in [0.15, 0.2) is 17.5 Å². The van der Waals surface area contributed by atoms with E-state index in [0.29, 0.717) is 17.9 Å². The third kappa shape index (κ3) is 4.42. The zero-order valence-electron chi connectivity index (χ0n) is 20.8. The van der Waals surface area contributed by atoms with Gasteiger partial charge in [0.05, 0.1) is 36.1 Å². The summed E-state index contributed by atoms with van der Waals surface area (Å²) in [5.74, 6) is -0.713. The van der Waals surface area contributed by atoms with Crippen LogP contribution in [0.4, 0.5) is 5.69 Å². The quantitative estimate of drug-likeness (QED) is 0.536. The maximum absolute atomic E-state index is 13.4. The lowest BCUT2D eigenvalue weighted by Crippen LogP contribution is -2.52. The number of methoxy groups -OCH3 is 2. The van der Waals surface area contributed by atoms with Gasteiger partial charge in [-0.2, -0.15) is 0 Å². The number of phenolic OH excluding ortho intramolecular Hbond substituents is 1. The lowest BCUT2D eigenvalue weighted by atomic mass is 9.75. The molecule has 2 aromatic carbocycles. The Labute approximate surface area is 205 Å². The van der Waals surface area contributed by atoms with Crippen molar-refractivity contribution < 1.29 is 34.0 Å². The summed E-state index contributed by atoms with van der Waals surface area (Å²) in [6, 6.07) is 9.46. The van der Waals surface area contributed by atoms with E-state index in [0.717, 1.165) is 12.8 Å².